The first-order chi connectivity index (χ1) is 8.25. The van der Waals surface area contributed by atoms with Gasteiger partial charge in [-0.05, 0) is 17.7 Å². The van der Waals surface area contributed by atoms with E-state index < -0.39 is 9.05 Å². The van der Waals surface area contributed by atoms with Gasteiger partial charge in [0, 0.05) is 31.2 Å². The normalized spacial score (nSPS) is 11.1. The van der Waals surface area contributed by atoms with Crippen molar-refractivity contribution in [1.82, 2.24) is 4.90 Å². The Labute approximate surface area is 111 Å². The van der Waals surface area contributed by atoms with Gasteiger partial charge in [0.05, 0.1) is 7.11 Å². The van der Waals surface area contributed by atoms with E-state index in [4.69, 9.17) is 15.4 Å². The van der Waals surface area contributed by atoms with Crippen molar-refractivity contribution >= 4 is 25.6 Å². The van der Waals surface area contributed by atoms with Gasteiger partial charge in [0.25, 0.3) is 9.05 Å². The standard InChI is InChI=1S/C11H14ClNO4S/c1-8(14)13(2)7-9-4-5-10(17-3)11(6-9)18(12,15)16/h4-6H,7H2,1-3H3. The number of hydrogen-bond donors (Lipinski definition) is 0. The maximum absolute atomic E-state index is 11.4. The second-order valence-electron chi connectivity index (χ2n) is 3.80. The first-order valence-electron chi connectivity index (χ1n) is 5.09. The zero-order chi connectivity index (χ0) is 13.9. The summed E-state index contributed by atoms with van der Waals surface area (Å²) in [7, 11) is 4.43. The minimum absolute atomic E-state index is 0.0962. The molecule has 0 aliphatic rings. The fraction of sp³-hybridized carbons (Fsp3) is 0.364. The molecule has 1 aromatic rings. The zero-order valence-corrected chi connectivity index (χ0v) is 11.9. The molecule has 0 N–H and O–H groups in total. The summed E-state index contributed by atoms with van der Waals surface area (Å²) >= 11 is 0. The summed E-state index contributed by atoms with van der Waals surface area (Å²) < 4.78 is 27.7. The van der Waals surface area contributed by atoms with Gasteiger partial charge in [0.15, 0.2) is 0 Å². The van der Waals surface area contributed by atoms with E-state index in [1.165, 1.54) is 31.1 Å². The van der Waals surface area contributed by atoms with E-state index in [0.717, 1.165) is 0 Å². The van der Waals surface area contributed by atoms with Crippen molar-refractivity contribution in [3.8, 4) is 5.75 Å². The smallest absolute Gasteiger partial charge is 0.264 e. The van der Waals surface area contributed by atoms with Crippen LogP contribution in [0.1, 0.15) is 12.5 Å². The SMILES string of the molecule is COc1ccc(CN(C)C(C)=O)cc1S(=O)(=O)Cl. The first-order valence-corrected chi connectivity index (χ1v) is 7.40. The molecule has 0 saturated carbocycles. The summed E-state index contributed by atoms with van der Waals surface area (Å²) in [4.78, 5) is 12.5. The fourth-order valence-corrected chi connectivity index (χ4v) is 2.44. The largest absolute Gasteiger partial charge is 0.495 e. The molecule has 0 unspecified atom stereocenters. The molecule has 0 bridgehead atoms. The molecule has 5 nitrogen and oxygen atoms in total. The van der Waals surface area contributed by atoms with Gasteiger partial charge in [-0.2, -0.15) is 0 Å². The van der Waals surface area contributed by atoms with Crippen molar-refractivity contribution in [1.29, 1.82) is 0 Å². The quantitative estimate of drug-likeness (QED) is 0.791. The molecular formula is C11H14ClNO4S. The third kappa shape index (κ3) is 3.61. The van der Waals surface area contributed by atoms with Crippen LogP contribution in [0.4, 0.5) is 0 Å². The number of benzene rings is 1. The second-order valence-corrected chi connectivity index (χ2v) is 6.33. The molecule has 0 spiro atoms. The molecule has 0 saturated heterocycles. The predicted molar refractivity (Wildman–Crippen MR) is 68.2 cm³/mol. The number of hydrogen-bond acceptors (Lipinski definition) is 4. The highest BCUT2D eigenvalue weighted by Gasteiger charge is 2.17. The van der Waals surface area contributed by atoms with Crippen molar-refractivity contribution in [3.05, 3.63) is 23.8 Å². The summed E-state index contributed by atoms with van der Waals surface area (Å²) in [5, 5.41) is 0. The Kier molecular flexibility index (Phi) is 4.59. The van der Waals surface area contributed by atoms with Crippen LogP contribution in [-0.4, -0.2) is 33.4 Å². The molecule has 0 aliphatic carbocycles. The molecule has 1 aromatic carbocycles. The molecule has 7 heteroatoms. The lowest BCUT2D eigenvalue weighted by Crippen LogP contribution is -2.23. The van der Waals surface area contributed by atoms with E-state index in [1.807, 2.05) is 0 Å². The Bertz CT molecular complexity index is 556. The van der Waals surface area contributed by atoms with Crippen LogP contribution in [0.3, 0.4) is 0 Å². The molecule has 0 atom stereocenters. The average molecular weight is 292 g/mol. The number of methoxy groups -OCH3 is 1. The van der Waals surface area contributed by atoms with Gasteiger partial charge in [-0.1, -0.05) is 6.07 Å². The van der Waals surface area contributed by atoms with Gasteiger partial charge in [-0.25, -0.2) is 8.42 Å². The van der Waals surface area contributed by atoms with Crippen LogP contribution >= 0.6 is 10.7 Å². The lowest BCUT2D eigenvalue weighted by molar-refractivity contribution is -0.128. The number of rotatable bonds is 4. The van der Waals surface area contributed by atoms with Crippen molar-refractivity contribution in [2.24, 2.45) is 0 Å². The first kappa shape index (κ1) is 14.8. The van der Waals surface area contributed by atoms with Gasteiger partial charge >= 0.3 is 0 Å². The molecule has 1 amide bonds. The number of halogens is 1. The van der Waals surface area contributed by atoms with Crippen molar-refractivity contribution in [2.75, 3.05) is 14.2 Å². The lowest BCUT2D eigenvalue weighted by atomic mass is 10.2. The lowest BCUT2D eigenvalue weighted by Gasteiger charge is -2.15. The minimum Gasteiger partial charge on any atom is -0.495 e. The highest BCUT2D eigenvalue weighted by atomic mass is 35.7. The summed E-state index contributed by atoms with van der Waals surface area (Å²) in [6.07, 6.45) is 0. The molecular weight excluding hydrogens is 278 g/mol. The van der Waals surface area contributed by atoms with Crippen LogP contribution in [0.25, 0.3) is 0 Å². The van der Waals surface area contributed by atoms with E-state index in [9.17, 15) is 13.2 Å². The monoisotopic (exact) mass is 291 g/mol. The second kappa shape index (κ2) is 5.58. The summed E-state index contributed by atoms with van der Waals surface area (Å²) in [5.41, 5.74) is 0.660. The Morgan fingerprint density at radius 3 is 2.50 bits per heavy atom. The Morgan fingerprint density at radius 2 is 2.06 bits per heavy atom. The van der Waals surface area contributed by atoms with Gasteiger partial charge in [-0.3, -0.25) is 4.79 Å². The molecule has 0 aromatic heterocycles. The Hall–Kier alpha value is -1.27. The minimum atomic E-state index is -3.88. The Morgan fingerprint density at radius 1 is 1.44 bits per heavy atom. The molecule has 1 rings (SSSR count). The average Bonchev–Trinajstić information content (AvgIpc) is 2.27. The fourth-order valence-electron chi connectivity index (χ4n) is 1.40. The van der Waals surface area contributed by atoms with E-state index in [-0.39, 0.29) is 16.6 Å². The van der Waals surface area contributed by atoms with Crippen LogP contribution in [0.2, 0.25) is 0 Å². The summed E-state index contributed by atoms with van der Waals surface area (Å²) in [6, 6.07) is 4.60. The Balaban J connectivity index is 3.15. The topological polar surface area (TPSA) is 63.7 Å². The van der Waals surface area contributed by atoms with E-state index in [2.05, 4.69) is 0 Å². The highest BCUT2D eigenvalue weighted by Crippen LogP contribution is 2.28. The number of carbonyl (C=O) groups excluding carboxylic acids is 1. The van der Waals surface area contributed by atoms with Crippen LogP contribution in [0.5, 0.6) is 5.75 Å². The summed E-state index contributed by atoms with van der Waals surface area (Å²) in [5.74, 6) is 0.0697. The number of carbonyl (C=O) groups is 1. The van der Waals surface area contributed by atoms with Crippen LogP contribution < -0.4 is 4.74 Å². The van der Waals surface area contributed by atoms with E-state index >= 15 is 0 Å². The van der Waals surface area contributed by atoms with Gasteiger partial charge in [-0.15, -0.1) is 0 Å². The number of amides is 1. The number of ether oxygens (including phenoxy) is 1. The van der Waals surface area contributed by atoms with Crippen molar-refractivity contribution in [3.63, 3.8) is 0 Å². The van der Waals surface area contributed by atoms with E-state index in [1.54, 1.807) is 13.1 Å². The zero-order valence-electron chi connectivity index (χ0n) is 10.3. The van der Waals surface area contributed by atoms with Crippen LogP contribution in [0, 0.1) is 0 Å². The summed E-state index contributed by atoms with van der Waals surface area (Å²) in [6.45, 7) is 1.74. The van der Waals surface area contributed by atoms with Crippen LogP contribution in [0.15, 0.2) is 23.1 Å². The van der Waals surface area contributed by atoms with Gasteiger partial charge in [0.2, 0.25) is 5.91 Å². The number of nitrogens with zero attached hydrogens (tertiary/aromatic N) is 1. The third-order valence-electron chi connectivity index (χ3n) is 2.45. The molecule has 0 fully saturated rings. The molecule has 100 valence electrons. The molecule has 0 radical (unpaired) electrons. The van der Waals surface area contributed by atoms with Gasteiger partial charge in [0.1, 0.15) is 10.6 Å². The van der Waals surface area contributed by atoms with Gasteiger partial charge < -0.3 is 9.64 Å². The van der Waals surface area contributed by atoms with E-state index in [0.29, 0.717) is 12.1 Å². The highest BCUT2D eigenvalue weighted by molar-refractivity contribution is 8.13. The van der Waals surface area contributed by atoms with Crippen LogP contribution in [-0.2, 0) is 20.4 Å². The molecule has 0 heterocycles. The predicted octanol–water partition coefficient (Wildman–Crippen LogP) is 1.60. The maximum atomic E-state index is 11.4. The third-order valence-corrected chi connectivity index (χ3v) is 3.79. The van der Waals surface area contributed by atoms with Crippen molar-refractivity contribution < 1.29 is 17.9 Å². The van der Waals surface area contributed by atoms with Crippen molar-refractivity contribution in [2.45, 2.75) is 18.4 Å². The molecule has 18 heavy (non-hydrogen) atoms. The molecule has 0 aliphatic heterocycles. The maximum Gasteiger partial charge on any atom is 0.264 e.